The monoisotopic (exact) mass is 423 g/mol. The minimum absolute atomic E-state index is 0.142. The number of ether oxygens (including phenoxy) is 1. The number of anilines is 2. The van der Waals surface area contributed by atoms with E-state index in [1.54, 1.807) is 18.2 Å². The Morgan fingerprint density at radius 3 is 2.43 bits per heavy atom. The predicted molar refractivity (Wildman–Crippen MR) is 123 cm³/mol. The molecule has 0 fully saturated rings. The summed E-state index contributed by atoms with van der Waals surface area (Å²) in [7, 11) is 1.51. The molecule has 0 aliphatic carbocycles. The van der Waals surface area contributed by atoms with E-state index in [0.29, 0.717) is 17.1 Å². The molecule has 30 heavy (non-hydrogen) atoms. The molecule has 0 spiro atoms. The maximum absolute atomic E-state index is 12.5. The number of hydrogen-bond donors (Lipinski definition) is 2. The second-order valence-corrected chi connectivity index (χ2v) is 8.10. The van der Waals surface area contributed by atoms with Gasteiger partial charge in [-0.25, -0.2) is 4.98 Å². The number of carbonyl (C=O) groups is 2. The number of rotatable bonds is 6. The zero-order valence-electron chi connectivity index (χ0n) is 17.8. The number of fused-ring (bicyclic) bond motifs is 1. The molecule has 2 amide bonds. The fourth-order valence-corrected chi connectivity index (χ4v) is 3.94. The summed E-state index contributed by atoms with van der Waals surface area (Å²) in [6.45, 7) is 7.57. The van der Waals surface area contributed by atoms with Gasteiger partial charge >= 0.3 is 0 Å². The van der Waals surface area contributed by atoms with Crippen molar-refractivity contribution in [2.75, 3.05) is 23.5 Å². The van der Waals surface area contributed by atoms with Crippen molar-refractivity contribution < 1.29 is 14.3 Å². The Kier molecular flexibility index (Phi) is 6.62. The molecule has 6 nitrogen and oxygen atoms in total. The van der Waals surface area contributed by atoms with Crippen molar-refractivity contribution in [2.45, 2.75) is 32.7 Å². The quantitative estimate of drug-likeness (QED) is 0.554. The fourth-order valence-electron chi connectivity index (χ4n) is 3.16. The standard InChI is InChI=1S/C23H25N3O3S/c1-13-6-7-14(2)22-18(13)10-15(3)23(26-22)30-12-21(28)25-17-8-9-19(24-16(4)27)20(11-17)29-5/h6-11H,12H2,1-5H3,(H,24,27)(H,25,28). The van der Waals surface area contributed by atoms with Crippen molar-refractivity contribution in [3.05, 3.63) is 53.1 Å². The van der Waals surface area contributed by atoms with Crippen LogP contribution in [0.15, 0.2) is 41.4 Å². The van der Waals surface area contributed by atoms with Crippen molar-refractivity contribution in [1.29, 1.82) is 0 Å². The van der Waals surface area contributed by atoms with Crippen LogP contribution in [0.1, 0.15) is 23.6 Å². The van der Waals surface area contributed by atoms with Gasteiger partial charge in [0.05, 0.1) is 24.1 Å². The highest BCUT2D eigenvalue weighted by Crippen LogP contribution is 2.30. The number of nitrogens with one attached hydrogen (secondary N) is 2. The summed E-state index contributed by atoms with van der Waals surface area (Å²) < 4.78 is 5.29. The number of nitrogens with zero attached hydrogens (tertiary/aromatic N) is 1. The van der Waals surface area contributed by atoms with E-state index in [2.05, 4.69) is 35.8 Å². The summed E-state index contributed by atoms with van der Waals surface area (Å²) in [5.41, 5.74) is 5.49. The lowest BCUT2D eigenvalue weighted by atomic mass is 10.0. The molecule has 0 atom stereocenters. The Balaban J connectivity index is 1.71. The van der Waals surface area contributed by atoms with Crippen LogP contribution in [0.2, 0.25) is 0 Å². The molecule has 3 aromatic rings. The molecule has 7 heteroatoms. The van der Waals surface area contributed by atoms with Crippen LogP contribution >= 0.6 is 11.8 Å². The van der Waals surface area contributed by atoms with Crippen molar-refractivity contribution in [3.63, 3.8) is 0 Å². The maximum Gasteiger partial charge on any atom is 0.234 e. The van der Waals surface area contributed by atoms with Crippen LogP contribution in [0.25, 0.3) is 10.9 Å². The normalized spacial score (nSPS) is 10.7. The molecule has 2 N–H and O–H groups in total. The number of carbonyl (C=O) groups excluding carboxylic acids is 2. The van der Waals surface area contributed by atoms with Gasteiger partial charge in [-0.1, -0.05) is 23.9 Å². The second-order valence-electron chi connectivity index (χ2n) is 7.14. The van der Waals surface area contributed by atoms with E-state index in [4.69, 9.17) is 9.72 Å². The molecule has 0 radical (unpaired) electrons. The predicted octanol–water partition coefficient (Wildman–Crippen LogP) is 4.86. The van der Waals surface area contributed by atoms with E-state index in [1.165, 1.54) is 31.4 Å². The van der Waals surface area contributed by atoms with Crippen molar-refractivity contribution in [1.82, 2.24) is 4.98 Å². The summed E-state index contributed by atoms with van der Waals surface area (Å²) in [6, 6.07) is 11.4. The highest BCUT2D eigenvalue weighted by atomic mass is 32.2. The van der Waals surface area contributed by atoms with Crippen molar-refractivity contribution in [2.24, 2.45) is 0 Å². The molecule has 0 unspecified atom stereocenters. The maximum atomic E-state index is 12.5. The lowest BCUT2D eigenvalue weighted by molar-refractivity contribution is -0.114. The minimum Gasteiger partial charge on any atom is -0.494 e. The van der Waals surface area contributed by atoms with Gasteiger partial charge in [-0.3, -0.25) is 9.59 Å². The van der Waals surface area contributed by atoms with Crippen LogP contribution in [0.5, 0.6) is 5.75 Å². The number of pyridine rings is 1. The van der Waals surface area contributed by atoms with Gasteiger partial charge in [-0.15, -0.1) is 0 Å². The lowest BCUT2D eigenvalue weighted by Crippen LogP contribution is -2.14. The molecule has 156 valence electrons. The fraction of sp³-hybridized carbons (Fsp3) is 0.261. The van der Waals surface area contributed by atoms with Gasteiger partial charge in [-0.05, 0) is 55.7 Å². The van der Waals surface area contributed by atoms with Crippen molar-refractivity contribution in [3.8, 4) is 5.75 Å². The first-order valence-electron chi connectivity index (χ1n) is 9.54. The zero-order chi connectivity index (χ0) is 21.8. The van der Waals surface area contributed by atoms with E-state index < -0.39 is 0 Å². The van der Waals surface area contributed by atoms with Crippen LogP contribution < -0.4 is 15.4 Å². The molecule has 0 bridgehead atoms. The third-order valence-electron chi connectivity index (χ3n) is 4.68. The van der Waals surface area contributed by atoms with Crippen LogP contribution in [0.4, 0.5) is 11.4 Å². The second kappa shape index (κ2) is 9.17. The topological polar surface area (TPSA) is 80.3 Å². The first kappa shape index (κ1) is 21.6. The molecule has 0 saturated heterocycles. The molecule has 3 rings (SSSR count). The Morgan fingerprint density at radius 2 is 1.73 bits per heavy atom. The lowest BCUT2D eigenvalue weighted by Gasteiger charge is -2.12. The Morgan fingerprint density at radius 1 is 1.00 bits per heavy atom. The average Bonchev–Trinajstić information content (AvgIpc) is 2.70. The van der Waals surface area contributed by atoms with Gasteiger partial charge in [0.25, 0.3) is 0 Å². The van der Waals surface area contributed by atoms with Crippen LogP contribution in [0.3, 0.4) is 0 Å². The van der Waals surface area contributed by atoms with E-state index >= 15 is 0 Å². The summed E-state index contributed by atoms with van der Waals surface area (Å²) in [5, 5.41) is 7.55. The van der Waals surface area contributed by atoms with E-state index in [1.807, 2.05) is 13.8 Å². The molecule has 1 heterocycles. The molecule has 0 aliphatic heterocycles. The molecular weight excluding hydrogens is 398 g/mol. The number of amides is 2. The van der Waals surface area contributed by atoms with E-state index in [-0.39, 0.29) is 17.6 Å². The van der Waals surface area contributed by atoms with E-state index in [0.717, 1.165) is 27.1 Å². The molecule has 1 aromatic heterocycles. The van der Waals surface area contributed by atoms with Gasteiger partial charge in [0.2, 0.25) is 11.8 Å². The third kappa shape index (κ3) is 4.91. The van der Waals surface area contributed by atoms with Crippen molar-refractivity contribution >= 4 is 45.9 Å². The Labute approximate surface area is 180 Å². The third-order valence-corrected chi connectivity index (χ3v) is 5.78. The van der Waals surface area contributed by atoms with Crippen LogP contribution in [-0.4, -0.2) is 29.7 Å². The number of aromatic nitrogens is 1. The van der Waals surface area contributed by atoms with Gasteiger partial charge < -0.3 is 15.4 Å². The van der Waals surface area contributed by atoms with E-state index in [9.17, 15) is 9.59 Å². The van der Waals surface area contributed by atoms with Crippen LogP contribution in [-0.2, 0) is 9.59 Å². The van der Waals surface area contributed by atoms with Gasteiger partial charge in [0.15, 0.2) is 0 Å². The van der Waals surface area contributed by atoms with Gasteiger partial charge in [-0.2, -0.15) is 0 Å². The van der Waals surface area contributed by atoms with Gasteiger partial charge in [0, 0.05) is 24.1 Å². The summed E-state index contributed by atoms with van der Waals surface area (Å²) in [4.78, 5) is 28.5. The largest absolute Gasteiger partial charge is 0.494 e. The number of thioether (sulfide) groups is 1. The molecule has 0 saturated carbocycles. The SMILES string of the molecule is COc1cc(NC(=O)CSc2nc3c(C)ccc(C)c3cc2C)ccc1NC(C)=O. The number of aryl methyl sites for hydroxylation is 3. The first-order valence-corrected chi connectivity index (χ1v) is 10.5. The summed E-state index contributed by atoms with van der Waals surface area (Å²) in [5.74, 6) is 0.385. The van der Waals surface area contributed by atoms with Gasteiger partial charge in [0.1, 0.15) is 10.8 Å². The highest BCUT2D eigenvalue weighted by Gasteiger charge is 2.12. The summed E-state index contributed by atoms with van der Waals surface area (Å²) >= 11 is 1.41. The first-order chi connectivity index (χ1) is 14.3. The zero-order valence-corrected chi connectivity index (χ0v) is 18.6. The average molecular weight is 424 g/mol. The Hall–Kier alpha value is -3.06. The number of methoxy groups -OCH3 is 1. The smallest absolute Gasteiger partial charge is 0.234 e. The molecule has 2 aromatic carbocycles. The van der Waals surface area contributed by atoms with Crippen LogP contribution in [0, 0.1) is 20.8 Å². The number of benzene rings is 2. The number of hydrogen-bond acceptors (Lipinski definition) is 5. The molecular formula is C23H25N3O3S. The minimum atomic E-state index is -0.190. The molecule has 0 aliphatic rings. The highest BCUT2D eigenvalue weighted by molar-refractivity contribution is 8.00. The Bertz CT molecular complexity index is 1130. The summed E-state index contributed by atoms with van der Waals surface area (Å²) in [6.07, 6.45) is 0.